The summed E-state index contributed by atoms with van der Waals surface area (Å²) in [6.07, 6.45) is 3.98. The molecule has 16 heavy (non-hydrogen) atoms. The molecule has 0 radical (unpaired) electrons. The average molecular weight is 288 g/mol. The summed E-state index contributed by atoms with van der Waals surface area (Å²) in [7, 11) is 1.56. The summed E-state index contributed by atoms with van der Waals surface area (Å²) in [6, 6.07) is 0.770. The minimum Gasteiger partial charge on any atom is -0.480 e. The van der Waals surface area contributed by atoms with Crippen molar-refractivity contribution in [2.75, 3.05) is 20.3 Å². The van der Waals surface area contributed by atoms with E-state index in [4.69, 9.17) is 9.47 Å². The summed E-state index contributed by atoms with van der Waals surface area (Å²) in [4.78, 5) is 8.18. The van der Waals surface area contributed by atoms with Gasteiger partial charge in [0.2, 0.25) is 5.88 Å². The van der Waals surface area contributed by atoms with E-state index < -0.39 is 0 Å². The van der Waals surface area contributed by atoms with E-state index in [1.54, 1.807) is 13.3 Å². The number of halogens is 1. The van der Waals surface area contributed by atoms with E-state index in [2.05, 4.69) is 31.2 Å². The second-order valence-electron chi connectivity index (χ2n) is 3.61. The van der Waals surface area contributed by atoms with Crippen LogP contribution in [-0.2, 0) is 0 Å². The van der Waals surface area contributed by atoms with Gasteiger partial charge < -0.3 is 14.8 Å². The van der Waals surface area contributed by atoms with E-state index in [0.717, 1.165) is 17.4 Å². The molecule has 0 bridgehead atoms. The Labute approximate surface area is 103 Å². The van der Waals surface area contributed by atoms with Crippen LogP contribution in [0, 0.1) is 0 Å². The Bertz CT molecular complexity index is 356. The molecule has 0 spiro atoms. The van der Waals surface area contributed by atoms with Crippen LogP contribution in [0.1, 0.15) is 12.8 Å². The molecule has 1 fully saturated rings. The van der Waals surface area contributed by atoms with Crippen LogP contribution in [-0.4, -0.2) is 36.3 Å². The van der Waals surface area contributed by atoms with Crippen molar-refractivity contribution in [1.29, 1.82) is 0 Å². The highest BCUT2D eigenvalue weighted by atomic mass is 79.9. The molecule has 5 nitrogen and oxygen atoms in total. The molecule has 0 aliphatic carbocycles. The van der Waals surface area contributed by atoms with Crippen LogP contribution in [0.4, 0.5) is 0 Å². The smallest absolute Gasteiger partial charge is 0.319 e. The van der Waals surface area contributed by atoms with Crippen molar-refractivity contribution in [2.45, 2.75) is 18.9 Å². The predicted octanol–water partition coefficient (Wildman–Crippen LogP) is 1.38. The fourth-order valence-electron chi connectivity index (χ4n) is 1.62. The van der Waals surface area contributed by atoms with Gasteiger partial charge in [0.05, 0.1) is 17.8 Å². The molecule has 88 valence electrons. The van der Waals surface area contributed by atoms with Gasteiger partial charge in [-0.05, 0) is 35.3 Å². The lowest BCUT2D eigenvalue weighted by Gasteiger charge is -2.11. The first kappa shape index (κ1) is 11.6. The third kappa shape index (κ3) is 2.82. The van der Waals surface area contributed by atoms with Crippen molar-refractivity contribution in [3.05, 3.63) is 10.7 Å². The van der Waals surface area contributed by atoms with Crippen molar-refractivity contribution in [2.24, 2.45) is 0 Å². The fraction of sp³-hybridized carbons (Fsp3) is 0.600. The van der Waals surface area contributed by atoms with E-state index in [1.165, 1.54) is 6.42 Å². The van der Waals surface area contributed by atoms with E-state index in [1.807, 2.05) is 0 Å². The van der Waals surface area contributed by atoms with Crippen LogP contribution in [0.25, 0.3) is 0 Å². The SMILES string of the molecule is COc1nc(OCC2CCCN2)ncc1Br. The Hall–Kier alpha value is -0.880. The summed E-state index contributed by atoms with van der Waals surface area (Å²) < 4.78 is 11.3. The molecule has 0 amide bonds. The molecule has 0 aromatic carbocycles. The van der Waals surface area contributed by atoms with Gasteiger partial charge in [-0.15, -0.1) is 0 Å². The van der Waals surface area contributed by atoms with Crippen LogP contribution in [0.3, 0.4) is 0 Å². The molecule has 0 saturated carbocycles. The molecule has 1 aromatic heterocycles. The van der Waals surface area contributed by atoms with Crippen LogP contribution < -0.4 is 14.8 Å². The van der Waals surface area contributed by atoms with Gasteiger partial charge in [-0.3, -0.25) is 0 Å². The van der Waals surface area contributed by atoms with Crippen molar-refractivity contribution in [1.82, 2.24) is 15.3 Å². The van der Waals surface area contributed by atoms with Crippen molar-refractivity contribution < 1.29 is 9.47 Å². The normalized spacial score (nSPS) is 19.8. The van der Waals surface area contributed by atoms with Gasteiger partial charge in [0.25, 0.3) is 0 Å². The number of hydrogen-bond donors (Lipinski definition) is 1. The maximum atomic E-state index is 5.50. The molecular formula is C10H14BrN3O2. The van der Waals surface area contributed by atoms with Gasteiger partial charge in [0, 0.05) is 6.04 Å². The first-order chi connectivity index (χ1) is 7.79. The Kier molecular flexibility index (Phi) is 3.95. The number of aromatic nitrogens is 2. The number of nitrogens with zero attached hydrogens (tertiary/aromatic N) is 2. The topological polar surface area (TPSA) is 56.3 Å². The van der Waals surface area contributed by atoms with Gasteiger partial charge in [0.15, 0.2) is 0 Å². The summed E-state index contributed by atoms with van der Waals surface area (Å²) in [5, 5.41) is 3.35. The zero-order valence-electron chi connectivity index (χ0n) is 9.07. The van der Waals surface area contributed by atoms with E-state index in [9.17, 15) is 0 Å². The third-order valence-electron chi connectivity index (χ3n) is 2.46. The van der Waals surface area contributed by atoms with Gasteiger partial charge in [-0.25, -0.2) is 4.98 Å². The molecule has 1 aliphatic rings. The van der Waals surface area contributed by atoms with Crippen LogP contribution >= 0.6 is 15.9 Å². The Morgan fingerprint density at radius 1 is 1.62 bits per heavy atom. The average Bonchev–Trinajstić information content (AvgIpc) is 2.81. The van der Waals surface area contributed by atoms with Crippen molar-refractivity contribution in [3.8, 4) is 11.9 Å². The molecule has 2 heterocycles. The van der Waals surface area contributed by atoms with Crippen molar-refractivity contribution >= 4 is 15.9 Å². The first-order valence-corrected chi connectivity index (χ1v) is 6.01. The van der Waals surface area contributed by atoms with Gasteiger partial charge >= 0.3 is 6.01 Å². The molecule has 2 rings (SSSR count). The molecular weight excluding hydrogens is 274 g/mol. The standard InChI is InChI=1S/C10H14BrN3O2/c1-15-9-8(11)5-13-10(14-9)16-6-7-3-2-4-12-7/h5,7,12H,2-4,6H2,1H3. The monoisotopic (exact) mass is 287 g/mol. The predicted molar refractivity (Wildman–Crippen MR) is 62.8 cm³/mol. The zero-order valence-corrected chi connectivity index (χ0v) is 10.7. The largest absolute Gasteiger partial charge is 0.480 e. The third-order valence-corrected chi connectivity index (χ3v) is 3.00. The van der Waals surface area contributed by atoms with Crippen LogP contribution in [0.15, 0.2) is 10.7 Å². The lowest BCUT2D eigenvalue weighted by Crippen LogP contribution is -2.28. The zero-order chi connectivity index (χ0) is 11.4. The Morgan fingerprint density at radius 2 is 2.50 bits per heavy atom. The quantitative estimate of drug-likeness (QED) is 0.907. The first-order valence-electron chi connectivity index (χ1n) is 5.22. The van der Waals surface area contributed by atoms with Gasteiger partial charge in [-0.2, -0.15) is 4.98 Å². The van der Waals surface area contributed by atoms with Crippen LogP contribution in [0.5, 0.6) is 11.9 Å². The second-order valence-corrected chi connectivity index (χ2v) is 4.47. The van der Waals surface area contributed by atoms with Crippen molar-refractivity contribution in [3.63, 3.8) is 0 Å². The minimum atomic E-state index is 0.355. The molecule has 1 aliphatic heterocycles. The number of methoxy groups -OCH3 is 1. The maximum absolute atomic E-state index is 5.50. The summed E-state index contributed by atoms with van der Waals surface area (Å²) in [5.74, 6) is 0.490. The fourth-order valence-corrected chi connectivity index (χ4v) is 1.98. The maximum Gasteiger partial charge on any atom is 0.319 e. The number of nitrogens with one attached hydrogen (secondary N) is 1. The minimum absolute atomic E-state index is 0.355. The highest BCUT2D eigenvalue weighted by molar-refractivity contribution is 9.10. The van der Waals surface area contributed by atoms with E-state index >= 15 is 0 Å². The Morgan fingerprint density at radius 3 is 3.19 bits per heavy atom. The summed E-state index contributed by atoms with van der Waals surface area (Å²) >= 11 is 3.29. The molecule has 1 N–H and O–H groups in total. The molecule has 1 saturated heterocycles. The second kappa shape index (κ2) is 5.45. The van der Waals surface area contributed by atoms with E-state index in [-0.39, 0.29) is 0 Å². The van der Waals surface area contributed by atoms with Gasteiger partial charge in [-0.1, -0.05) is 0 Å². The summed E-state index contributed by atoms with van der Waals surface area (Å²) in [6.45, 7) is 1.67. The summed E-state index contributed by atoms with van der Waals surface area (Å²) in [5.41, 5.74) is 0. The van der Waals surface area contributed by atoms with Crippen LogP contribution in [0.2, 0.25) is 0 Å². The van der Waals surface area contributed by atoms with Gasteiger partial charge in [0.1, 0.15) is 6.61 Å². The number of hydrogen-bond acceptors (Lipinski definition) is 5. The molecule has 1 aromatic rings. The van der Waals surface area contributed by atoms with E-state index in [0.29, 0.717) is 24.5 Å². The molecule has 1 atom stereocenters. The molecule has 6 heteroatoms. The number of ether oxygens (including phenoxy) is 2. The number of rotatable bonds is 4. The lowest BCUT2D eigenvalue weighted by molar-refractivity contribution is 0.252. The highest BCUT2D eigenvalue weighted by Gasteiger charge is 2.15. The lowest BCUT2D eigenvalue weighted by atomic mass is 10.2. The Balaban J connectivity index is 1.93. The highest BCUT2D eigenvalue weighted by Crippen LogP contribution is 2.22. The molecule has 1 unspecified atom stereocenters.